The van der Waals surface area contributed by atoms with Crippen molar-refractivity contribution in [1.29, 1.82) is 0 Å². The van der Waals surface area contributed by atoms with Gasteiger partial charge in [0.15, 0.2) is 0 Å². The van der Waals surface area contributed by atoms with Crippen LogP contribution in [-0.4, -0.2) is 22.6 Å². The van der Waals surface area contributed by atoms with Crippen molar-refractivity contribution in [1.82, 2.24) is 9.47 Å². The van der Waals surface area contributed by atoms with E-state index < -0.39 is 0 Å². The zero-order valence-electron chi connectivity index (χ0n) is 12.1. The van der Waals surface area contributed by atoms with Crippen molar-refractivity contribution < 1.29 is 0 Å². The van der Waals surface area contributed by atoms with Gasteiger partial charge in [-0.1, -0.05) is 26.7 Å². The third-order valence-electron chi connectivity index (χ3n) is 4.01. The average molecular weight is 263 g/mol. The number of likely N-dealkylation sites (N-methyl/N-ethyl adjacent to an activating group) is 1. The Morgan fingerprint density at radius 3 is 2.79 bits per heavy atom. The zero-order valence-corrected chi connectivity index (χ0v) is 12.1. The van der Waals surface area contributed by atoms with Gasteiger partial charge in [-0.15, -0.1) is 0 Å². The molecular formula is C15H25N3O. The molecule has 0 unspecified atom stereocenters. The number of aromatic nitrogens is 1. The van der Waals surface area contributed by atoms with Crippen molar-refractivity contribution >= 4 is 5.69 Å². The number of rotatable bonds is 5. The van der Waals surface area contributed by atoms with Crippen molar-refractivity contribution in [2.24, 2.45) is 0 Å². The largest absolute Gasteiger partial charge is 0.394 e. The zero-order chi connectivity index (χ0) is 13.8. The van der Waals surface area contributed by atoms with E-state index in [9.17, 15) is 4.79 Å². The van der Waals surface area contributed by atoms with Crippen molar-refractivity contribution in [3.05, 3.63) is 27.7 Å². The molecule has 106 valence electrons. The molecule has 1 aliphatic rings. The highest BCUT2D eigenvalue weighted by Gasteiger charge is 2.20. The van der Waals surface area contributed by atoms with Gasteiger partial charge in [-0.05, 0) is 24.6 Å². The number of nitrogens with zero attached hydrogens (tertiary/aromatic N) is 2. The van der Waals surface area contributed by atoms with E-state index in [0.717, 1.165) is 45.4 Å². The van der Waals surface area contributed by atoms with Crippen LogP contribution in [0.15, 0.2) is 10.9 Å². The fourth-order valence-electron chi connectivity index (χ4n) is 2.83. The lowest BCUT2D eigenvalue weighted by Gasteiger charge is -2.29. The maximum atomic E-state index is 12.2. The first-order valence-corrected chi connectivity index (χ1v) is 7.40. The minimum atomic E-state index is -0.000184. The molecule has 0 fully saturated rings. The predicted molar refractivity (Wildman–Crippen MR) is 79.3 cm³/mol. The molecule has 19 heavy (non-hydrogen) atoms. The third kappa shape index (κ3) is 3.00. The van der Waals surface area contributed by atoms with Gasteiger partial charge in [-0.3, -0.25) is 9.69 Å². The topological polar surface area (TPSA) is 51.3 Å². The molecule has 0 saturated heterocycles. The van der Waals surface area contributed by atoms with Gasteiger partial charge >= 0.3 is 0 Å². The number of fused-ring (bicyclic) bond motifs is 1. The van der Waals surface area contributed by atoms with E-state index in [1.807, 2.05) is 10.6 Å². The Balaban J connectivity index is 2.31. The molecule has 0 bridgehead atoms. The Morgan fingerprint density at radius 1 is 1.32 bits per heavy atom. The van der Waals surface area contributed by atoms with E-state index in [-0.39, 0.29) is 5.56 Å². The van der Waals surface area contributed by atoms with E-state index in [4.69, 9.17) is 5.73 Å². The van der Waals surface area contributed by atoms with Crippen molar-refractivity contribution in [2.75, 3.05) is 18.8 Å². The van der Waals surface area contributed by atoms with Crippen LogP contribution >= 0.6 is 0 Å². The molecule has 0 spiro atoms. The van der Waals surface area contributed by atoms with E-state index >= 15 is 0 Å². The summed E-state index contributed by atoms with van der Waals surface area (Å²) >= 11 is 0. The standard InChI is InChI=1S/C15H25N3O/c1-3-5-6-8-18-14-7-9-17(4-2)11-12(14)10-13(16)15(18)19/h10H,3-9,11,16H2,1-2H3. The highest BCUT2D eigenvalue weighted by atomic mass is 16.1. The molecule has 2 N–H and O–H groups in total. The molecule has 4 nitrogen and oxygen atoms in total. The first-order valence-electron chi connectivity index (χ1n) is 7.40. The van der Waals surface area contributed by atoms with Crippen LogP contribution in [0, 0.1) is 0 Å². The predicted octanol–water partition coefficient (Wildman–Crippen LogP) is 2.00. The minimum absolute atomic E-state index is 0.000184. The number of nitrogens with two attached hydrogens (primary N) is 1. The van der Waals surface area contributed by atoms with Crippen LogP contribution in [0.25, 0.3) is 0 Å². The molecule has 1 aromatic heterocycles. The lowest BCUT2D eigenvalue weighted by Crippen LogP contribution is -2.36. The van der Waals surface area contributed by atoms with Gasteiger partial charge in [0.2, 0.25) is 0 Å². The second kappa shape index (κ2) is 6.24. The summed E-state index contributed by atoms with van der Waals surface area (Å²) in [7, 11) is 0. The lowest BCUT2D eigenvalue weighted by atomic mass is 10.0. The SMILES string of the molecule is CCCCCn1c2c(cc(N)c1=O)CN(CC)CC2. The summed E-state index contributed by atoms with van der Waals surface area (Å²) in [4.78, 5) is 14.6. The quantitative estimate of drug-likeness (QED) is 0.827. The molecule has 0 radical (unpaired) electrons. The maximum absolute atomic E-state index is 12.2. The van der Waals surface area contributed by atoms with Gasteiger partial charge in [0.05, 0.1) is 5.69 Å². The molecule has 0 amide bonds. The van der Waals surface area contributed by atoms with Crippen LogP contribution in [0.5, 0.6) is 0 Å². The smallest absolute Gasteiger partial charge is 0.273 e. The van der Waals surface area contributed by atoms with Crippen LogP contribution < -0.4 is 11.3 Å². The number of nitrogen functional groups attached to an aromatic ring is 1. The van der Waals surface area contributed by atoms with Gasteiger partial charge < -0.3 is 10.3 Å². The average Bonchev–Trinajstić information content (AvgIpc) is 2.42. The van der Waals surface area contributed by atoms with Crippen molar-refractivity contribution in [2.45, 2.75) is 52.6 Å². The molecule has 1 aromatic rings. The van der Waals surface area contributed by atoms with Crippen LogP contribution in [0.1, 0.15) is 44.4 Å². The first kappa shape index (κ1) is 14.1. The molecule has 1 aliphatic heterocycles. The molecule has 4 heteroatoms. The summed E-state index contributed by atoms with van der Waals surface area (Å²) in [5, 5.41) is 0. The van der Waals surface area contributed by atoms with Crippen molar-refractivity contribution in [3.63, 3.8) is 0 Å². The number of hydrogen-bond donors (Lipinski definition) is 1. The van der Waals surface area contributed by atoms with Crippen LogP contribution in [-0.2, 0) is 19.5 Å². The van der Waals surface area contributed by atoms with Gasteiger partial charge in [0, 0.05) is 31.7 Å². The van der Waals surface area contributed by atoms with E-state index in [2.05, 4.69) is 18.7 Å². The van der Waals surface area contributed by atoms with E-state index in [1.54, 1.807) is 0 Å². The van der Waals surface area contributed by atoms with Gasteiger partial charge in [0.25, 0.3) is 5.56 Å². The lowest BCUT2D eigenvalue weighted by molar-refractivity contribution is 0.261. The Kier molecular flexibility index (Phi) is 4.64. The Morgan fingerprint density at radius 2 is 2.11 bits per heavy atom. The van der Waals surface area contributed by atoms with Crippen LogP contribution in [0.3, 0.4) is 0 Å². The van der Waals surface area contributed by atoms with Crippen molar-refractivity contribution in [3.8, 4) is 0 Å². The number of unbranched alkanes of at least 4 members (excludes halogenated alkanes) is 2. The summed E-state index contributed by atoms with van der Waals surface area (Å²) in [5.74, 6) is 0. The normalized spacial score (nSPS) is 15.5. The summed E-state index contributed by atoms with van der Waals surface area (Å²) in [6, 6.07) is 1.88. The molecule has 0 aliphatic carbocycles. The molecule has 0 saturated carbocycles. The molecule has 2 heterocycles. The highest BCUT2D eigenvalue weighted by Crippen LogP contribution is 2.19. The Labute approximate surface area is 115 Å². The minimum Gasteiger partial charge on any atom is -0.394 e. The highest BCUT2D eigenvalue weighted by molar-refractivity contribution is 5.42. The fourth-order valence-corrected chi connectivity index (χ4v) is 2.83. The monoisotopic (exact) mass is 263 g/mol. The second-order valence-electron chi connectivity index (χ2n) is 5.35. The first-order chi connectivity index (χ1) is 9.17. The Bertz CT molecular complexity index is 493. The Hall–Kier alpha value is -1.29. The van der Waals surface area contributed by atoms with Gasteiger partial charge in [-0.25, -0.2) is 0 Å². The fraction of sp³-hybridized carbons (Fsp3) is 0.667. The summed E-state index contributed by atoms with van der Waals surface area (Å²) in [6.45, 7) is 8.17. The molecule has 2 rings (SSSR count). The summed E-state index contributed by atoms with van der Waals surface area (Å²) < 4.78 is 1.92. The van der Waals surface area contributed by atoms with E-state index in [1.165, 1.54) is 17.7 Å². The van der Waals surface area contributed by atoms with Crippen LogP contribution in [0.4, 0.5) is 5.69 Å². The number of anilines is 1. The summed E-state index contributed by atoms with van der Waals surface area (Å²) in [6.07, 6.45) is 4.36. The molecule has 0 atom stereocenters. The molecule has 0 aromatic carbocycles. The number of pyridine rings is 1. The maximum Gasteiger partial charge on any atom is 0.273 e. The van der Waals surface area contributed by atoms with E-state index in [0.29, 0.717) is 5.69 Å². The summed E-state index contributed by atoms with van der Waals surface area (Å²) in [5.41, 5.74) is 8.73. The van der Waals surface area contributed by atoms with Gasteiger partial charge in [-0.2, -0.15) is 0 Å². The molecular weight excluding hydrogens is 238 g/mol. The van der Waals surface area contributed by atoms with Crippen LogP contribution in [0.2, 0.25) is 0 Å². The second-order valence-corrected chi connectivity index (χ2v) is 5.35. The number of hydrogen-bond acceptors (Lipinski definition) is 3. The third-order valence-corrected chi connectivity index (χ3v) is 4.01. The van der Waals surface area contributed by atoms with Gasteiger partial charge in [0.1, 0.15) is 0 Å².